The first-order valence-electron chi connectivity index (χ1n) is 5.83. The van der Waals surface area contributed by atoms with Gasteiger partial charge in [0.1, 0.15) is 5.69 Å². The van der Waals surface area contributed by atoms with Crippen LogP contribution in [0.2, 0.25) is 10.0 Å². The summed E-state index contributed by atoms with van der Waals surface area (Å²) in [6, 6.07) is 4.81. The summed E-state index contributed by atoms with van der Waals surface area (Å²) >= 11 is 11.8. The van der Waals surface area contributed by atoms with E-state index in [-0.39, 0.29) is 5.69 Å². The van der Waals surface area contributed by atoms with Gasteiger partial charge in [-0.25, -0.2) is 14.4 Å². The van der Waals surface area contributed by atoms with Crippen molar-refractivity contribution < 1.29 is 4.39 Å². The zero-order valence-corrected chi connectivity index (χ0v) is 11.8. The molecule has 0 radical (unpaired) electrons. The van der Waals surface area contributed by atoms with E-state index >= 15 is 0 Å². The molecule has 0 aliphatic rings. The summed E-state index contributed by atoms with van der Waals surface area (Å²) < 4.78 is 13.8. The van der Waals surface area contributed by atoms with Crippen molar-refractivity contribution in [1.29, 1.82) is 0 Å². The number of rotatable bonds is 4. The SMILES string of the molecule is CCCNc1ncc(F)c(-c2cc(Cl)cc(Cl)c2)n1. The molecule has 0 unspecified atom stereocenters. The first kappa shape index (κ1) is 14.0. The van der Waals surface area contributed by atoms with Crippen LogP contribution in [-0.4, -0.2) is 16.5 Å². The van der Waals surface area contributed by atoms with Gasteiger partial charge in [-0.3, -0.25) is 0 Å². The molecule has 0 amide bonds. The molecule has 2 aromatic rings. The third kappa shape index (κ3) is 3.55. The van der Waals surface area contributed by atoms with Gasteiger partial charge < -0.3 is 5.32 Å². The van der Waals surface area contributed by atoms with Gasteiger partial charge in [0, 0.05) is 22.2 Å². The van der Waals surface area contributed by atoms with Gasteiger partial charge in [0.2, 0.25) is 5.95 Å². The summed E-state index contributed by atoms with van der Waals surface area (Å²) in [5.41, 5.74) is 0.704. The van der Waals surface area contributed by atoms with E-state index in [9.17, 15) is 4.39 Å². The molecule has 0 fully saturated rings. The van der Waals surface area contributed by atoms with Crippen molar-refractivity contribution in [3.63, 3.8) is 0 Å². The van der Waals surface area contributed by atoms with Crippen molar-refractivity contribution in [2.45, 2.75) is 13.3 Å². The molecule has 19 heavy (non-hydrogen) atoms. The Bertz CT molecular complexity index is 570. The summed E-state index contributed by atoms with van der Waals surface area (Å²) in [5, 5.41) is 3.87. The van der Waals surface area contributed by atoms with E-state index in [2.05, 4.69) is 15.3 Å². The van der Waals surface area contributed by atoms with Crippen LogP contribution < -0.4 is 5.32 Å². The zero-order valence-electron chi connectivity index (χ0n) is 10.3. The largest absolute Gasteiger partial charge is 0.354 e. The summed E-state index contributed by atoms with van der Waals surface area (Å²) in [6.07, 6.45) is 2.06. The third-order valence-corrected chi connectivity index (χ3v) is 2.85. The molecule has 2 rings (SSSR count). The van der Waals surface area contributed by atoms with E-state index in [0.717, 1.165) is 19.2 Å². The van der Waals surface area contributed by atoms with Gasteiger partial charge in [-0.1, -0.05) is 30.1 Å². The number of aromatic nitrogens is 2. The molecule has 1 aromatic heterocycles. The van der Waals surface area contributed by atoms with Gasteiger partial charge in [0.15, 0.2) is 5.82 Å². The van der Waals surface area contributed by atoms with E-state index in [1.807, 2.05) is 6.92 Å². The lowest BCUT2D eigenvalue weighted by Crippen LogP contribution is -2.05. The van der Waals surface area contributed by atoms with Crippen LogP contribution in [-0.2, 0) is 0 Å². The van der Waals surface area contributed by atoms with Crippen LogP contribution in [0.15, 0.2) is 24.4 Å². The quantitative estimate of drug-likeness (QED) is 0.908. The predicted molar refractivity (Wildman–Crippen MR) is 76.2 cm³/mol. The molecular formula is C13H12Cl2FN3. The number of anilines is 1. The molecule has 3 nitrogen and oxygen atoms in total. The third-order valence-electron chi connectivity index (χ3n) is 2.41. The Balaban J connectivity index is 2.42. The molecule has 0 bridgehead atoms. The van der Waals surface area contributed by atoms with E-state index in [4.69, 9.17) is 23.2 Å². The van der Waals surface area contributed by atoms with Crippen LogP contribution >= 0.6 is 23.2 Å². The van der Waals surface area contributed by atoms with Crippen molar-refractivity contribution in [3.8, 4) is 11.3 Å². The Hall–Kier alpha value is -1.39. The molecular weight excluding hydrogens is 288 g/mol. The second kappa shape index (κ2) is 6.17. The molecule has 100 valence electrons. The highest BCUT2D eigenvalue weighted by Crippen LogP contribution is 2.28. The number of hydrogen-bond acceptors (Lipinski definition) is 3. The minimum absolute atomic E-state index is 0.179. The van der Waals surface area contributed by atoms with E-state index in [1.165, 1.54) is 0 Å². The van der Waals surface area contributed by atoms with Crippen molar-refractivity contribution >= 4 is 29.2 Å². The molecule has 0 atom stereocenters. The zero-order chi connectivity index (χ0) is 13.8. The summed E-state index contributed by atoms with van der Waals surface area (Å²) in [4.78, 5) is 8.03. The van der Waals surface area contributed by atoms with Gasteiger partial charge in [-0.15, -0.1) is 0 Å². The van der Waals surface area contributed by atoms with Gasteiger partial charge in [0.25, 0.3) is 0 Å². The Morgan fingerprint density at radius 2 is 1.89 bits per heavy atom. The van der Waals surface area contributed by atoms with E-state index < -0.39 is 5.82 Å². The Kier molecular flexibility index (Phi) is 4.56. The minimum atomic E-state index is -0.514. The predicted octanol–water partition coefficient (Wildman–Crippen LogP) is 4.41. The maximum absolute atomic E-state index is 13.8. The molecule has 0 aliphatic heterocycles. The molecule has 1 N–H and O–H groups in total. The van der Waals surface area contributed by atoms with Gasteiger partial charge in [-0.2, -0.15) is 0 Å². The van der Waals surface area contributed by atoms with Crippen molar-refractivity contribution in [2.75, 3.05) is 11.9 Å². The number of hydrogen-bond donors (Lipinski definition) is 1. The van der Waals surface area contributed by atoms with Crippen molar-refractivity contribution in [2.24, 2.45) is 0 Å². The lowest BCUT2D eigenvalue weighted by molar-refractivity contribution is 0.618. The summed E-state index contributed by atoms with van der Waals surface area (Å²) in [5.74, 6) is -0.130. The number of nitrogens with zero attached hydrogens (tertiary/aromatic N) is 2. The summed E-state index contributed by atoms with van der Waals surface area (Å²) in [7, 11) is 0. The molecule has 1 heterocycles. The van der Waals surface area contributed by atoms with Crippen LogP contribution in [0.25, 0.3) is 11.3 Å². The first-order valence-corrected chi connectivity index (χ1v) is 6.58. The molecule has 0 saturated carbocycles. The van der Waals surface area contributed by atoms with Crippen LogP contribution in [0.1, 0.15) is 13.3 Å². The molecule has 6 heteroatoms. The monoisotopic (exact) mass is 299 g/mol. The Morgan fingerprint density at radius 3 is 2.53 bits per heavy atom. The maximum Gasteiger partial charge on any atom is 0.223 e. The number of benzene rings is 1. The van der Waals surface area contributed by atoms with E-state index in [1.54, 1.807) is 18.2 Å². The smallest absolute Gasteiger partial charge is 0.223 e. The van der Waals surface area contributed by atoms with Crippen molar-refractivity contribution in [1.82, 2.24) is 9.97 Å². The van der Waals surface area contributed by atoms with Gasteiger partial charge >= 0.3 is 0 Å². The van der Waals surface area contributed by atoms with Crippen LogP contribution in [0.3, 0.4) is 0 Å². The average Bonchev–Trinajstić information content (AvgIpc) is 2.36. The molecule has 0 spiro atoms. The lowest BCUT2D eigenvalue weighted by atomic mass is 10.1. The second-order valence-electron chi connectivity index (χ2n) is 3.98. The fourth-order valence-electron chi connectivity index (χ4n) is 1.58. The number of halogens is 3. The standard InChI is InChI=1S/C13H12Cl2FN3/c1-2-3-17-13-18-7-11(16)12(19-13)8-4-9(14)6-10(15)5-8/h4-7H,2-3H2,1H3,(H,17,18,19). The maximum atomic E-state index is 13.8. The second-order valence-corrected chi connectivity index (χ2v) is 4.85. The number of nitrogens with one attached hydrogen (secondary N) is 1. The Morgan fingerprint density at radius 1 is 1.21 bits per heavy atom. The fraction of sp³-hybridized carbons (Fsp3) is 0.231. The van der Waals surface area contributed by atoms with Crippen molar-refractivity contribution in [3.05, 3.63) is 40.3 Å². The van der Waals surface area contributed by atoms with Crippen LogP contribution in [0.5, 0.6) is 0 Å². The van der Waals surface area contributed by atoms with Crippen LogP contribution in [0, 0.1) is 5.82 Å². The highest BCUT2D eigenvalue weighted by Gasteiger charge is 2.11. The highest BCUT2D eigenvalue weighted by atomic mass is 35.5. The molecule has 1 aromatic carbocycles. The Labute approximate surface area is 120 Å². The van der Waals surface area contributed by atoms with Gasteiger partial charge in [0.05, 0.1) is 6.20 Å². The van der Waals surface area contributed by atoms with Crippen LogP contribution in [0.4, 0.5) is 10.3 Å². The lowest BCUT2D eigenvalue weighted by Gasteiger charge is -2.07. The van der Waals surface area contributed by atoms with E-state index in [0.29, 0.717) is 21.6 Å². The molecule has 0 aliphatic carbocycles. The molecule has 0 saturated heterocycles. The first-order chi connectivity index (χ1) is 9.10. The minimum Gasteiger partial charge on any atom is -0.354 e. The normalized spacial score (nSPS) is 10.5. The summed E-state index contributed by atoms with van der Waals surface area (Å²) in [6.45, 7) is 2.75. The fourth-order valence-corrected chi connectivity index (χ4v) is 2.11. The topological polar surface area (TPSA) is 37.8 Å². The highest BCUT2D eigenvalue weighted by molar-refractivity contribution is 6.35. The van der Waals surface area contributed by atoms with Gasteiger partial charge in [-0.05, 0) is 24.6 Å². The average molecular weight is 300 g/mol.